The number of guanidine groups is 1. The molecule has 0 saturated heterocycles. The van der Waals surface area contributed by atoms with Crippen LogP contribution in [0.4, 0.5) is 0 Å². The zero-order valence-corrected chi connectivity index (χ0v) is 15.3. The summed E-state index contributed by atoms with van der Waals surface area (Å²) in [5.41, 5.74) is 1.23. The Hall–Kier alpha value is -0.820. The lowest BCUT2D eigenvalue weighted by Crippen LogP contribution is -2.37. The number of halogens is 1. The standard InChI is InChI=1S/C15H26N4.HI/c1-18(2)12-8-11-16-15(19(3)4)17-13-14-9-6-5-7-10-14;/h5-7,9-10H,8,11-13H2,1-4H3,(H,16,17);1H. The van der Waals surface area contributed by atoms with E-state index in [1.165, 1.54) is 5.56 Å². The van der Waals surface area contributed by atoms with Gasteiger partial charge in [-0.3, -0.25) is 0 Å². The first-order valence-electron chi connectivity index (χ1n) is 6.74. The summed E-state index contributed by atoms with van der Waals surface area (Å²) in [6.07, 6.45) is 1.12. The number of hydrogen-bond acceptors (Lipinski definition) is 2. The predicted octanol–water partition coefficient (Wildman–Crippen LogP) is 2.26. The Labute approximate surface area is 140 Å². The molecule has 0 amide bonds. The lowest BCUT2D eigenvalue weighted by molar-refractivity contribution is 0.398. The average molecular weight is 390 g/mol. The van der Waals surface area contributed by atoms with Gasteiger partial charge in [-0.05, 0) is 32.6 Å². The van der Waals surface area contributed by atoms with Gasteiger partial charge < -0.3 is 15.1 Å². The molecular weight excluding hydrogens is 363 g/mol. The molecule has 1 rings (SSSR count). The van der Waals surface area contributed by atoms with Crippen LogP contribution >= 0.6 is 24.0 Å². The van der Waals surface area contributed by atoms with Crippen LogP contribution in [0.3, 0.4) is 0 Å². The molecule has 0 bridgehead atoms. The van der Waals surface area contributed by atoms with Gasteiger partial charge in [-0.25, -0.2) is 4.99 Å². The third-order valence-electron chi connectivity index (χ3n) is 2.74. The Morgan fingerprint density at radius 3 is 2.30 bits per heavy atom. The van der Waals surface area contributed by atoms with Crippen molar-refractivity contribution in [3.8, 4) is 0 Å². The lowest BCUT2D eigenvalue weighted by Gasteiger charge is -2.18. The largest absolute Gasteiger partial charge is 0.356 e. The minimum absolute atomic E-state index is 0. The summed E-state index contributed by atoms with van der Waals surface area (Å²) in [6.45, 7) is 2.76. The third kappa shape index (κ3) is 8.37. The number of benzene rings is 1. The molecule has 0 fully saturated rings. The summed E-state index contributed by atoms with van der Waals surface area (Å²) >= 11 is 0. The summed E-state index contributed by atoms with van der Waals surface area (Å²) in [4.78, 5) is 8.85. The van der Waals surface area contributed by atoms with Gasteiger partial charge in [-0.2, -0.15) is 0 Å². The van der Waals surface area contributed by atoms with E-state index in [1.54, 1.807) is 0 Å². The van der Waals surface area contributed by atoms with Crippen LogP contribution in [0, 0.1) is 0 Å². The van der Waals surface area contributed by atoms with Crippen LogP contribution in [0.2, 0.25) is 0 Å². The molecule has 0 aromatic heterocycles. The summed E-state index contributed by atoms with van der Waals surface area (Å²) in [5, 5.41) is 3.39. The molecule has 0 radical (unpaired) electrons. The van der Waals surface area contributed by atoms with Gasteiger partial charge in [-0.15, -0.1) is 24.0 Å². The maximum absolute atomic E-state index is 4.63. The Balaban J connectivity index is 0.00000361. The molecule has 0 aliphatic carbocycles. The van der Waals surface area contributed by atoms with Gasteiger partial charge in [0.15, 0.2) is 5.96 Å². The van der Waals surface area contributed by atoms with Crippen molar-refractivity contribution < 1.29 is 0 Å². The van der Waals surface area contributed by atoms with Crippen molar-refractivity contribution in [1.82, 2.24) is 15.1 Å². The number of nitrogens with zero attached hydrogens (tertiary/aromatic N) is 3. The number of aliphatic imine (C=N–C) groups is 1. The van der Waals surface area contributed by atoms with Crippen LogP contribution in [0.25, 0.3) is 0 Å². The third-order valence-corrected chi connectivity index (χ3v) is 2.74. The average Bonchev–Trinajstić information content (AvgIpc) is 2.38. The Kier molecular flexibility index (Phi) is 10.5. The van der Waals surface area contributed by atoms with Crippen LogP contribution in [0.5, 0.6) is 0 Å². The van der Waals surface area contributed by atoms with E-state index in [4.69, 9.17) is 0 Å². The minimum Gasteiger partial charge on any atom is -0.356 e. The van der Waals surface area contributed by atoms with E-state index in [1.807, 2.05) is 37.2 Å². The fraction of sp³-hybridized carbons (Fsp3) is 0.533. The van der Waals surface area contributed by atoms with Crippen molar-refractivity contribution in [3.05, 3.63) is 35.9 Å². The second-order valence-electron chi connectivity index (χ2n) is 5.10. The van der Waals surface area contributed by atoms with Crippen molar-refractivity contribution in [2.45, 2.75) is 13.0 Å². The molecule has 0 atom stereocenters. The molecule has 4 nitrogen and oxygen atoms in total. The molecule has 0 aliphatic rings. The number of hydrogen-bond donors (Lipinski definition) is 1. The van der Waals surface area contributed by atoms with E-state index >= 15 is 0 Å². The van der Waals surface area contributed by atoms with Crippen LogP contribution in [0.15, 0.2) is 35.3 Å². The summed E-state index contributed by atoms with van der Waals surface area (Å²) in [6, 6.07) is 10.3. The van der Waals surface area contributed by atoms with Gasteiger partial charge in [0.2, 0.25) is 0 Å². The highest BCUT2D eigenvalue weighted by Crippen LogP contribution is 2.00. The molecule has 0 saturated carbocycles. The zero-order valence-electron chi connectivity index (χ0n) is 13.0. The summed E-state index contributed by atoms with van der Waals surface area (Å²) < 4.78 is 0. The van der Waals surface area contributed by atoms with Crippen molar-refractivity contribution in [2.24, 2.45) is 4.99 Å². The van der Waals surface area contributed by atoms with Gasteiger partial charge in [0, 0.05) is 20.6 Å². The first kappa shape index (κ1) is 19.2. The van der Waals surface area contributed by atoms with E-state index in [2.05, 4.69) is 41.4 Å². The van der Waals surface area contributed by atoms with Crippen LogP contribution in [0.1, 0.15) is 12.0 Å². The van der Waals surface area contributed by atoms with E-state index < -0.39 is 0 Å². The predicted molar refractivity (Wildman–Crippen MR) is 97.9 cm³/mol. The first-order valence-corrected chi connectivity index (χ1v) is 6.74. The van der Waals surface area contributed by atoms with Gasteiger partial charge in [-0.1, -0.05) is 30.3 Å². The van der Waals surface area contributed by atoms with Gasteiger partial charge in [0.1, 0.15) is 0 Å². The van der Waals surface area contributed by atoms with Crippen molar-refractivity contribution in [2.75, 3.05) is 41.3 Å². The minimum atomic E-state index is 0. The summed E-state index contributed by atoms with van der Waals surface area (Å²) in [5.74, 6) is 0.947. The van der Waals surface area contributed by atoms with E-state index in [-0.39, 0.29) is 24.0 Å². The normalized spacial score (nSPS) is 11.2. The first-order chi connectivity index (χ1) is 9.09. The highest BCUT2D eigenvalue weighted by molar-refractivity contribution is 14.0. The van der Waals surface area contributed by atoms with Crippen LogP contribution < -0.4 is 5.32 Å². The maximum atomic E-state index is 4.63. The maximum Gasteiger partial charge on any atom is 0.193 e. The fourth-order valence-electron chi connectivity index (χ4n) is 1.70. The zero-order chi connectivity index (χ0) is 14.1. The van der Waals surface area contributed by atoms with Crippen LogP contribution in [-0.4, -0.2) is 57.0 Å². The molecule has 0 spiro atoms. The number of nitrogens with one attached hydrogen (secondary N) is 1. The smallest absolute Gasteiger partial charge is 0.193 e. The van der Waals surface area contributed by atoms with E-state index in [0.717, 1.165) is 32.0 Å². The Morgan fingerprint density at radius 1 is 1.10 bits per heavy atom. The lowest BCUT2D eigenvalue weighted by atomic mass is 10.2. The van der Waals surface area contributed by atoms with Crippen molar-refractivity contribution >= 4 is 29.9 Å². The van der Waals surface area contributed by atoms with Gasteiger partial charge in [0.25, 0.3) is 0 Å². The van der Waals surface area contributed by atoms with E-state index in [9.17, 15) is 0 Å². The molecular formula is C15H27IN4. The molecule has 1 aromatic carbocycles. The molecule has 1 N–H and O–H groups in total. The molecule has 5 heteroatoms. The Morgan fingerprint density at radius 2 is 1.75 bits per heavy atom. The monoisotopic (exact) mass is 390 g/mol. The summed E-state index contributed by atoms with van der Waals surface area (Å²) in [7, 11) is 8.22. The number of rotatable bonds is 6. The molecule has 1 aromatic rings. The topological polar surface area (TPSA) is 30.9 Å². The second-order valence-corrected chi connectivity index (χ2v) is 5.10. The van der Waals surface area contributed by atoms with E-state index in [0.29, 0.717) is 0 Å². The second kappa shape index (κ2) is 10.9. The van der Waals surface area contributed by atoms with Crippen molar-refractivity contribution in [3.63, 3.8) is 0 Å². The van der Waals surface area contributed by atoms with Gasteiger partial charge >= 0.3 is 0 Å². The van der Waals surface area contributed by atoms with Gasteiger partial charge in [0.05, 0.1) is 6.54 Å². The highest BCUT2D eigenvalue weighted by Gasteiger charge is 2.01. The molecule has 114 valence electrons. The highest BCUT2D eigenvalue weighted by atomic mass is 127. The molecule has 0 unspecified atom stereocenters. The SMILES string of the molecule is CN(C)CCCNC(=NCc1ccccc1)N(C)C.I. The molecule has 0 aliphatic heterocycles. The fourth-order valence-corrected chi connectivity index (χ4v) is 1.70. The molecule has 20 heavy (non-hydrogen) atoms. The van der Waals surface area contributed by atoms with Crippen LogP contribution in [-0.2, 0) is 6.54 Å². The quantitative estimate of drug-likeness (QED) is 0.350. The molecule has 0 heterocycles. The van der Waals surface area contributed by atoms with Crippen molar-refractivity contribution in [1.29, 1.82) is 0 Å². The Bertz CT molecular complexity index is 377.